The summed E-state index contributed by atoms with van der Waals surface area (Å²) in [7, 11) is 0. The largest absolute Gasteiger partial charge is 0.462 e. The topological polar surface area (TPSA) is 63.7 Å². The van der Waals surface area contributed by atoms with E-state index in [4.69, 9.17) is 4.74 Å². The Morgan fingerprint density at radius 3 is 2.64 bits per heavy atom. The average molecular weight is 262 g/mol. The molecular weight excluding hydrogens is 254 g/mol. The fourth-order valence-electron chi connectivity index (χ4n) is 1.91. The number of fused-ring (bicyclic) bond motifs is 1. The number of imide groups is 1. The number of hydrogen-bond donors (Lipinski definition) is 0. The van der Waals surface area contributed by atoms with Crippen molar-refractivity contribution in [3.63, 3.8) is 0 Å². The molecule has 0 aromatic heterocycles. The first kappa shape index (κ1) is 9.64. The first-order chi connectivity index (χ1) is 6.52. The molecule has 1 aliphatic heterocycles. The molecule has 3 unspecified atom stereocenters. The number of amides is 2. The highest BCUT2D eigenvalue weighted by molar-refractivity contribution is 9.08. The van der Waals surface area contributed by atoms with E-state index in [9.17, 15) is 14.4 Å². The smallest absolute Gasteiger partial charge is 0.302 e. The first-order valence-corrected chi connectivity index (χ1v) is 4.94. The molecule has 2 amide bonds. The number of rotatable bonds is 1. The van der Waals surface area contributed by atoms with E-state index in [-0.39, 0.29) is 17.7 Å². The molecule has 76 valence electrons. The van der Waals surface area contributed by atoms with E-state index in [0.29, 0.717) is 6.42 Å². The van der Waals surface area contributed by atoms with Gasteiger partial charge in [-0.25, -0.2) is 3.93 Å². The SMILES string of the molecule is CC(=O)OC1CC2C(=O)N(Br)C(=O)C12. The summed E-state index contributed by atoms with van der Waals surface area (Å²) < 4.78 is 5.84. The number of halogens is 1. The minimum Gasteiger partial charge on any atom is -0.462 e. The van der Waals surface area contributed by atoms with Crippen molar-refractivity contribution in [2.45, 2.75) is 19.4 Å². The third-order valence-corrected chi connectivity index (χ3v) is 3.33. The second-order valence-electron chi connectivity index (χ2n) is 3.47. The lowest BCUT2D eigenvalue weighted by atomic mass is 9.72. The fourth-order valence-corrected chi connectivity index (χ4v) is 2.41. The number of carbonyl (C=O) groups is 3. The van der Waals surface area contributed by atoms with Gasteiger partial charge in [0.2, 0.25) is 11.8 Å². The van der Waals surface area contributed by atoms with Gasteiger partial charge in [-0.15, -0.1) is 0 Å². The molecule has 1 saturated carbocycles. The summed E-state index contributed by atoms with van der Waals surface area (Å²) in [6, 6.07) is 0. The van der Waals surface area contributed by atoms with Crippen LogP contribution in [-0.2, 0) is 19.1 Å². The summed E-state index contributed by atoms with van der Waals surface area (Å²) in [5.41, 5.74) is 0. The van der Waals surface area contributed by atoms with Crippen molar-refractivity contribution in [1.29, 1.82) is 0 Å². The third kappa shape index (κ3) is 1.17. The fraction of sp³-hybridized carbons (Fsp3) is 0.625. The minimum absolute atomic E-state index is 0.233. The van der Waals surface area contributed by atoms with Crippen molar-refractivity contribution in [2.24, 2.45) is 11.8 Å². The second kappa shape index (κ2) is 3.05. The molecule has 0 radical (unpaired) electrons. The average Bonchev–Trinajstić information content (AvgIpc) is 2.22. The molecule has 5 nitrogen and oxygen atoms in total. The molecule has 6 heteroatoms. The molecule has 2 fully saturated rings. The zero-order chi connectivity index (χ0) is 10.5. The Hall–Kier alpha value is -0.910. The van der Waals surface area contributed by atoms with Crippen LogP contribution in [0.25, 0.3) is 0 Å². The molecule has 2 rings (SSSR count). The zero-order valence-electron chi connectivity index (χ0n) is 7.40. The van der Waals surface area contributed by atoms with Gasteiger partial charge in [0.05, 0.1) is 28.0 Å². The lowest BCUT2D eigenvalue weighted by Crippen LogP contribution is -2.45. The minimum atomic E-state index is -0.467. The molecule has 0 bridgehead atoms. The van der Waals surface area contributed by atoms with Gasteiger partial charge in [0.15, 0.2) is 0 Å². The van der Waals surface area contributed by atoms with E-state index < -0.39 is 18.0 Å². The second-order valence-corrected chi connectivity index (χ2v) is 4.18. The lowest BCUT2D eigenvalue weighted by molar-refractivity contribution is -0.163. The standard InChI is InChI=1S/C8H8BrNO4/c1-3(11)14-5-2-4-6(5)8(13)10(9)7(4)12/h4-6H,2H2,1H3. The Labute approximate surface area is 88.7 Å². The van der Waals surface area contributed by atoms with Crippen LogP contribution in [0.2, 0.25) is 0 Å². The maximum atomic E-state index is 11.4. The van der Waals surface area contributed by atoms with Crippen LogP contribution in [0.1, 0.15) is 13.3 Å². The van der Waals surface area contributed by atoms with Crippen molar-refractivity contribution >= 4 is 33.9 Å². The summed E-state index contributed by atoms with van der Waals surface area (Å²) in [4.78, 5) is 33.4. The van der Waals surface area contributed by atoms with Gasteiger partial charge in [0.1, 0.15) is 6.10 Å². The van der Waals surface area contributed by atoms with Crippen LogP contribution in [0.15, 0.2) is 0 Å². The van der Waals surface area contributed by atoms with Gasteiger partial charge in [-0.3, -0.25) is 14.4 Å². The molecule has 1 saturated heterocycles. The van der Waals surface area contributed by atoms with Gasteiger partial charge in [0.25, 0.3) is 0 Å². The van der Waals surface area contributed by atoms with Crippen molar-refractivity contribution in [3.05, 3.63) is 0 Å². The van der Waals surface area contributed by atoms with Gasteiger partial charge in [-0.2, -0.15) is 0 Å². The highest BCUT2D eigenvalue weighted by atomic mass is 79.9. The van der Waals surface area contributed by atoms with E-state index in [1.807, 2.05) is 0 Å². The number of ether oxygens (including phenoxy) is 1. The predicted molar refractivity (Wildman–Crippen MR) is 47.9 cm³/mol. The molecule has 0 spiro atoms. The Morgan fingerprint density at radius 1 is 1.50 bits per heavy atom. The van der Waals surface area contributed by atoms with Crippen LogP contribution >= 0.6 is 16.1 Å². The highest BCUT2D eigenvalue weighted by Gasteiger charge is 2.59. The number of nitrogens with zero attached hydrogens (tertiary/aromatic N) is 1. The summed E-state index contributed by atoms with van der Waals surface area (Å²) in [5, 5.41) is 0. The molecular formula is C8H8BrNO4. The van der Waals surface area contributed by atoms with Gasteiger partial charge >= 0.3 is 5.97 Å². The van der Waals surface area contributed by atoms with Crippen LogP contribution in [0.3, 0.4) is 0 Å². The van der Waals surface area contributed by atoms with Gasteiger partial charge in [-0.05, 0) is 6.42 Å². The molecule has 1 heterocycles. The predicted octanol–water partition coefficient (Wildman–Crippen LogP) is 0.233. The van der Waals surface area contributed by atoms with Gasteiger partial charge < -0.3 is 4.74 Å². The molecule has 2 aliphatic rings. The third-order valence-electron chi connectivity index (χ3n) is 2.63. The van der Waals surface area contributed by atoms with E-state index in [1.165, 1.54) is 6.92 Å². The van der Waals surface area contributed by atoms with Crippen LogP contribution in [0.5, 0.6) is 0 Å². The highest BCUT2D eigenvalue weighted by Crippen LogP contribution is 2.45. The van der Waals surface area contributed by atoms with E-state index in [1.54, 1.807) is 0 Å². The normalized spacial score (nSPS) is 35.3. The summed E-state index contributed by atoms with van der Waals surface area (Å²) in [6.07, 6.45) is 0.0354. The van der Waals surface area contributed by atoms with Gasteiger partial charge in [0, 0.05) is 6.92 Å². The monoisotopic (exact) mass is 261 g/mol. The first-order valence-electron chi connectivity index (χ1n) is 4.23. The Morgan fingerprint density at radius 2 is 2.14 bits per heavy atom. The molecule has 0 aromatic carbocycles. The summed E-state index contributed by atoms with van der Waals surface area (Å²) in [6.45, 7) is 1.29. The molecule has 0 N–H and O–H groups in total. The number of carbonyl (C=O) groups excluding carboxylic acids is 3. The van der Waals surface area contributed by atoms with E-state index in [2.05, 4.69) is 16.1 Å². The van der Waals surface area contributed by atoms with E-state index >= 15 is 0 Å². The molecule has 3 atom stereocenters. The Balaban J connectivity index is 2.10. The Bertz CT molecular complexity index is 329. The lowest BCUT2D eigenvalue weighted by Gasteiger charge is -2.34. The Kier molecular flexibility index (Phi) is 2.10. The summed E-state index contributed by atoms with van der Waals surface area (Å²) in [5.74, 6) is -1.72. The zero-order valence-corrected chi connectivity index (χ0v) is 8.98. The quantitative estimate of drug-likeness (QED) is 0.385. The van der Waals surface area contributed by atoms with Gasteiger partial charge in [-0.1, -0.05) is 0 Å². The maximum Gasteiger partial charge on any atom is 0.302 e. The van der Waals surface area contributed by atoms with Crippen LogP contribution in [-0.4, -0.2) is 27.8 Å². The van der Waals surface area contributed by atoms with Crippen molar-refractivity contribution < 1.29 is 19.1 Å². The van der Waals surface area contributed by atoms with Crippen LogP contribution in [0.4, 0.5) is 0 Å². The number of hydrogen-bond acceptors (Lipinski definition) is 4. The maximum absolute atomic E-state index is 11.4. The van der Waals surface area contributed by atoms with Crippen LogP contribution < -0.4 is 0 Å². The van der Waals surface area contributed by atoms with Crippen molar-refractivity contribution in [2.75, 3.05) is 0 Å². The number of esters is 1. The van der Waals surface area contributed by atoms with E-state index in [0.717, 1.165) is 3.93 Å². The summed E-state index contributed by atoms with van der Waals surface area (Å²) >= 11 is 2.88. The van der Waals surface area contributed by atoms with Crippen molar-refractivity contribution in [3.8, 4) is 0 Å². The molecule has 14 heavy (non-hydrogen) atoms. The molecule has 0 aromatic rings. The van der Waals surface area contributed by atoms with Crippen LogP contribution in [0, 0.1) is 11.8 Å². The van der Waals surface area contributed by atoms with Crippen molar-refractivity contribution in [1.82, 2.24) is 3.93 Å². The molecule has 1 aliphatic carbocycles.